The fraction of sp³-hybridized carbons (Fsp3) is 0.316. The molecule has 7 nitrogen and oxygen atoms in total. The van der Waals surface area contributed by atoms with Gasteiger partial charge in [0, 0.05) is 16.8 Å². The second kappa shape index (κ2) is 8.28. The summed E-state index contributed by atoms with van der Waals surface area (Å²) in [7, 11) is -2.00. The number of carbonyl (C=O) groups excluding carboxylic acids is 1. The molecular formula is C19H21ClN2O5S. The molecule has 2 N–H and O–H groups in total. The van der Waals surface area contributed by atoms with E-state index in [0.29, 0.717) is 28.6 Å². The predicted octanol–water partition coefficient (Wildman–Crippen LogP) is 3.30. The number of anilines is 2. The van der Waals surface area contributed by atoms with Crippen LogP contribution in [0.3, 0.4) is 0 Å². The molecule has 2 aromatic carbocycles. The van der Waals surface area contributed by atoms with Gasteiger partial charge in [0.1, 0.15) is 18.1 Å². The first kappa shape index (κ1) is 20.3. The van der Waals surface area contributed by atoms with Gasteiger partial charge < -0.3 is 14.8 Å². The average molecular weight is 425 g/mol. The normalized spacial score (nSPS) is 15.9. The van der Waals surface area contributed by atoms with Gasteiger partial charge in [-0.15, -0.1) is 0 Å². The minimum absolute atomic E-state index is 0.0538. The number of carbonyl (C=O) groups is 1. The molecule has 1 aliphatic rings. The van der Waals surface area contributed by atoms with E-state index in [1.165, 1.54) is 7.11 Å². The van der Waals surface area contributed by atoms with Crippen molar-refractivity contribution in [3.05, 3.63) is 47.0 Å². The highest BCUT2D eigenvalue weighted by Crippen LogP contribution is 2.32. The van der Waals surface area contributed by atoms with Crippen LogP contribution >= 0.6 is 11.6 Å². The van der Waals surface area contributed by atoms with Crippen LogP contribution in [0.2, 0.25) is 5.02 Å². The van der Waals surface area contributed by atoms with Gasteiger partial charge in [-0.05, 0) is 49.2 Å². The molecule has 2 aromatic rings. The van der Waals surface area contributed by atoms with Gasteiger partial charge in [-0.25, -0.2) is 8.42 Å². The average Bonchev–Trinajstić information content (AvgIpc) is 2.68. The highest BCUT2D eigenvalue weighted by Gasteiger charge is 2.26. The monoisotopic (exact) mass is 424 g/mol. The highest BCUT2D eigenvalue weighted by molar-refractivity contribution is 7.92. The molecule has 28 heavy (non-hydrogen) atoms. The van der Waals surface area contributed by atoms with E-state index in [2.05, 4.69) is 10.0 Å². The predicted molar refractivity (Wildman–Crippen MR) is 109 cm³/mol. The Morgan fingerprint density at radius 3 is 2.79 bits per heavy atom. The Morgan fingerprint density at radius 1 is 1.29 bits per heavy atom. The zero-order valence-electron chi connectivity index (χ0n) is 15.5. The number of methoxy groups -OCH3 is 1. The van der Waals surface area contributed by atoms with Gasteiger partial charge in [0.05, 0.1) is 24.5 Å². The van der Waals surface area contributed by atoms with Crippen molar-refractivity contribution in [2.75, 3.05) is 29.5 Å². The van der Waals surface area contributed by atoms with Gasteiger partial charge in [0.2, 0.25) is 15.9 Å². The Balaban J connectivity index is 1.72. The Bertz CT molecular complexity index is 994. The quantitative estimate of drug-likeness (QED) is 0.742. The fourth-order valence-corrected chi connectivity index (χ4v) is 3.71. The summed E-state index contributed by atoms with van der Waals surface area (Å²) in [5.74, 6) is 0.432. The van der Waals surface area contributed by atoms with Crippen LogP contribution in [0, 0.1) is 5.92 Å². The molecule has 0 fully saturated rings. The van der Waals surface area contributed by atoms with E-state index >= 15 is 0 Å². The number of nitrogens with one attached hydrogen (secondary N) is 2. The molecule has 0 spiro atoms. The molecule has 3 rings (SSSR count). The van der Waals surface area contributed by atoms with Gasteiger partial charge in [0.25, 0.3) is 0 Å². The maximum Gasteiger partial charge on any atom is 0.232 e. The maximum atomic E-state index is 12.6. The van der Waals surface area contributed by atoms with Crippen molar-refractivity contribution >= 4 is 38.9 Å². The molecule has 1 heterocycles. The Morgan fingerprint density at radius 2 is 2.07 bits per heavy atom. The molecule has 0 saturated heterocycles. The van der Waals surface area contributed by atoms with E-state index in [-0.39, 0.29) is 24.2 Å². The molecule has 150 valence electrons. The SMILES string of the molecule is CCS(=O)(=O)Nc1ccc(NC(=O)C2COc3ccc(Cl)cc3C2)cc1OC. The molecule has 0 aliphatic carbocycles. The standard InChI is InChI=1S/C19H21ClN2O5S/c1-3-28(24,25)22-16-6-5-15(10-18(16)26-2)21-19(23)13-8-12-9-14(20)4-7-17(12)27-11-13/h4-7,9-10,13,22H,3,8,11H2,1-2H3,(H,21,23). The van der Waals surface area contributed by atoms with Crippen molar-refractivity contribution in [2.24, 2.45) is 5.92 Å². The largest absolute Gasteiger partial charge is 0.494 e. The number of halogens is 1. The third-order valence-corrected chi connectivity index (χ3v) is 5.94. The second-order valence-corrected chi connectivity index (χ2v) is 8.82. The summed E-state index contributed by atoms with van der Waals surface area (Å²) in [5.41, 5.74) is 1.70. The summed E-state index contributed by atoms with van der Waals surface area (Å²) in [6, 6.07) is 10.1. The van der Waals surface area contributed by atoms with Crippen molar-refractivity contribution in [3.63, 3.8) is 0 Å². The van der Waals surface area contributed by atoms with E-state index in [0.717, 1.165) is 11.3 Å². The summed E-state index contributed by atoms with van der Waals surface area (Å²) < 4.78 is 36.9. The molecule has 1 atom stereocenters. The number of benzene rings is 2. The van der Waals surface area contributed by atoms with Crippen molar-refractivity contribution in [1.82, 2.24) is 0 Å². The van der Waals surface area contributed by atoms with Crippen molar-refractivity contribution in [3.8, 4) is 11.5 Å². The van der Waals surface area contributed by atoms with Crippen molar-refractivity contribution in [1.29, 1.82) is 0 Å². The lowest BCUT2D eigenvalue weighted by Crippen LogP contribution is -2.32. The molecule has 0 bridgehead atoms. The first-order chi connectivity index (χ1) is 13.3. The van der Waals surface area contributed by atoms with Gasteiger partial charge in [0.15, 0.2) is 0 Å². The highest BCUT2D eigenvalue weighted by atomic mass is 35.5. The summed E-state index contributed by atoms with van der Waals surface area (Å²) in [6.45, 7) is 1.81. The minimum Gasteiger partial charge on any atom is -0.494 e. The summed E-state index contributed by atoms with van der Waals surface area (Å²) in [5, 5.41) is 3.42. The van der Waals surface area contributed by atoms with Crippen LogP contribution in [-0.2, 0) is 21.2 Å². The summed E-state index contributed by atoms with van der Waals surface area (Å²) >= 11 is 6.02. The van der Waals surface area contributed by atoms with E-state index in [4.69, 9.17) is 21.1 Å². The molecule has 1 unspecified atom stereocenters. The van der Waals surface area contributed by atoms with Crippen LogP contribution in [-0.4, -0.2) is 33.8 Å². The van der Waals surface area contributed by atoms with Gasteiger partial charge in [-0.3, -0.25) is 9.52 Å². The van der Waals surface area contributed by atoms with Gasteiger partial charge >= 0.3 is 0 Å². The lowest BCUT2D eigenvalue weighted by molar-refractivity contribution is -0.121. The zero-order valence-corrected chi connectivity index (χ0v) is 17.1. The smallest absolute Gasteiger partial charge is 0.232 e. The lowest BCUT2D eigenvalue weighted by atomic mass is 9.96. The molecule has 1 aliphatic heterocycles. The molecule has 1 amide bonds. The molecule has 9 heteroatoms. The molecular weight excluding hydrogens is 404 g/mol. The fourth-order valence-electron chi connectivity index (χ4n) is 2.87. The third-order valence-electron chi connectivity index (χ3n) is 4.41. The molecule has 0 saturated carbocycles. The second-order valence-electron chi connectivity index (χ2n) is 6.37. The zero-order chi connectivity index (χ0) is 20.3. The van der Waals surface area contributed by atoms with E-state index in [1.54, 1.807) is 43.3 Å². The Labute approximate surface area is 169 Å². The number of hydrogen-bond acceptors (Lipinski definition) is 5. The molecule has 0 aromatic heterocycles. The number of amides is 1. The van der Waals surface area contributed by atoms with Crippen LogP contribution < -0.4 is 19.5 Å². The van der Waals surface area contributed by atoms with Crippen molar-refractivity contribution < 1.29 is 22.7 Å². The minimum atomic E-state index is -3.43. The first-order valence-electron chi connectivity index (χ1n) is 8.72. The third kappa shape index (κ3) is 4.69. The number of fused-ring (bicyclic) bond motifs is 1. The van der Waals surface area contributed by atoms with Crippen LogP contribution in [0.5, 0.6) is 11.5 Å². The van der Waals surface area contributed by atoms with E-state index < -0.39 is 10.0 Å². The topological polar surface area (TPSA) is 93.7 Å². The first-order valence-corrected chi connectivity index (χ1v) is 10.7. The molecule has 0 radical (unpaired) electrons. The summed E-state index contributed by atoms with van der Waals surface area (Å²) in [4.78, 5) is 12.6. The van der Waals surface area contributed by atoms with Crippen molar-refractivity contribution in [2.45, 2.75) is 13.3 Å². The van der Waals surface area contributed by atoms with Crippen LogP contribution in [0.4, 0.5) is 11.4 Å². The van der Waals surface area contributed by atoms with E-state index in [9.17, 15) is 13.2 Å². The number of ether oxygens (including phenoxy) is 2. The Hall–Kier alpha value is -2.45. The lowest BCUT2D eigenvalue weighted by Gasteiger charge is -2.25. The van der Waals surface area contributed by atoms with Crippen LogP contribution in [0.25, 0.3) is 0 Å². The van der Waals surface area contributed by atoms with Gasteiger partial charge in [-0.1, -0.05) is 11.6 Å². The van der Waals surface area contributed by atoms with Crippen LogP contribution in [0.15, 0.2) is 36.4 Å². The number of sulfonamides is 1. The van der Waals surface area contributed by atoms with Gasteiger partial charge in [-0.2, -0.15) is 0 Å². The number of hydrogen-bond donors (Lipinski definition) is 2. The number of rotatable bonds is 6. The Kier molecular flexibility index (Phi) is 6.00. The maximum absolute atomic E-state index is 12.6. The van der Waals surface area contributed by atoms with E-state index in [1.807, 2.05) is 0 Å². The van der Waals surface area contributed by atoms with Crippen LogP contribution in [0.1, 0.15) is 12.5 Å². The summed E-state index contributed by atoms with van der Waals surface area (Å²) in [6.07, 6.45) is 0.521.